The summed E-state index contributed by atoms with van der Waals surface area (Å²) in [5, 5.41) is 7.73. The molecular formula is C22H20ClF3N4O4. The van der Waals surface area contributed by atoms with Crippen LogP contribution in [0.15, 0.2) is 48.8 Å². The van der Waals surface area contributed by atoms with Crippen molar-refractivity contribution < 1.29 is 32.7 Å². The highest BCUT2D eigenvalue weighted by Crippen LogP contribution is 2.19. The maximum Gasteiger partial charge on any atom is 0.490 e. The van der Waals surface area contributed by atoms with Crippen molar-refractivity contribution in [3.8, 4) is 0 Å². The lowest BCUT2D eigenvalue weighted by Crippen LogP contribution is -2.48. The number of hydrogen-bond donors (Lipinski definition) is 1. The number of fused-ring (bicyclic) bond motifs is 1. The van der Waals surface area contributed by atoms with E-state index in [1.807, 2.05) is 29.2 Å². The highest BCUT2D eigenvalue weighted by molar-refractivity contribution is 6.30. The van der Waals surface area contributed by atoms with Gasteiger partial charge in [0.25, 0.3) is 5.91 Å². The number of aromatic nitrogens is 2. The summed E-state index contributed by atoms with van der Waals surface area (Å²) in [6.45, 7) is 4.30. The summed E-state index contributed by atoms with van der Waals surface area (Å²) in [4.78, 5) is 41.5. The second-order valence-corrected chi connectivity index (χ2v) is 7.86. The van der Waals surface area contributed by atoms with E-state index < -0.39 is 12.1 Å². The maximum atomic E-state index is 12.8. The van der Waals surface area contributed by atoms with E-state index in [2.05, 4.69) is 9.88 Å². The lowest BCUT2D eigenvalue weighted by Gasteiger charge is -2.35. The van der Waals surface area contributed by atoms with Crippen molar-refractivity contribution in [1.82, 2.24) is 14.3 Å². The van der Waals surface area contributed by atoms with Crippen LogP contribution >= 0.6 is 11.6 Å². The van der Waals surface area contributed by atoms with Crippen LogP contribution in [0.3, 0.4) is 0 Å². The van der Waals surface area contributed by atoms with E-state index in [1.165, 1.54) is 0 Å². The number of Topliss-reactive ketones (excluding diaryl/α,β-unsaturated/α-hetero) is 1. The SMILES string of the molecule is CC(=O)c1ccc(N2CCN(C(=O)c3cn4cc(Cl)ccc4n3)CC2)cc1.O=C(O)C(F)(F)F. The Labute approximate surface area is 197 Å². The van der Waals surface area contributed by atoms with Gasteiger partial charge < -0.3 is 19.3 Å². The van der Waals surface area contributed by atoms with Gasteiger partial charge in [-0.25, -0.2) is 9.78 Å². The highest BCUT2D eigenvalue weighted by atomic mass is 35.5. The average molecular weight is 497 g/mol. The molecule has 12 heteroatoms. The number of nitrogens with zero attached hydrogens (tertiary/aromatic N) is 4. The molecule has 34 heavy (non-hydrogen) atoms. The number of aliphatic carboxylic acids is 1. The predicted molar refractivity (Wildman–Crippen MR) is 118 cm³/mol. The fourth-order valence-corrected chi connectivity index (χ4v) is 3.47. The van der Waals surface area contributed by atoms with Gasteiger partial charge >= 0.3 is 12.1 Å². The smallest absolute Gasteiger partial charge is 0.475 e. The molecule has 0 radical (unpaired) electrons. The molecule has 0 unspecified atom stereocenters. The van der Waals surface area contributed by atoms with E-state index in [0.29, 0.717) is 35.0 Å². The number of amides is 1. The van der Waals surface area contributed by atoms with Crippen LogP contribution < -0.4 is 4.90 Å². The van der Waals surface area contributed by atoms with Crippen LogP contribution in [0.4, 0.5) is 18.9 Å². The van der Waals surface area contributed by atoms with Gasteiger partial charge in [0.05, 0.1) is 5.02 Å². The van der Waals surface area contributed by atoms with Crippen LogP contribution in [0, 0.1) is 0 Å². The number of piperazine rings is 1. The normalized spacial score (nSPS) is 13.9. The van der Waals surface area contributed by atoms with Gasteiger partial charge in [-0.1, -0.05) is 11.6 Å². The van der Waals surface area contributed by atoms with Crippen LogP contribution in [0.1, 0.15) is 27.8 Å². The first-order valence-corrected chi connectivity index (χ1v) is 10.4. The number of pyridine rings is 1. The van der Waals surface area contributed by atoms with E-state index in [0.717, 1.165) is 18.8 Å². The number of imidazole rings is 1. The van der Waals surface area contributed by atoms with E-state index in [4.69, 9.17) is 21.5 Å². The Morgan fingerprint density at radius 3 is 2.09 bits per heavy atom. The zero-order chi connectivity index (χ0) is 25.0. The van der Waals surface area contributed by atoms with E-state index in [-0.39, 0.29) is 11.7 Å². The number of ketones is 1. The largest absolute Gasteiger partial charge is 0.490 e. The molecule has 3 aromatic rings. The molecule has 1 fully saturated rings. The molecule has 0 bridgehead atoms. The zero-order valence-corrected chi connectivity index (χ0v) is 18.7. The van der Waals surface area contributed by atoms with E-state index >= 15 is 0 Å². The second-order valence-electron chi connectivity index (χ2n) is 7.42. The molecule has 0 aliphatic carbocycles. The molecule has 3 heterocycles. The molecule has 0 atom stereocenters. The predicted octanol–water partition coefficient (Wildman–Crippen LogP) is 3.79. The first kappa shape index (κ1) is 25.0. The number of halogens is 4. The summed E-state index contributed by atoms with van der Waals surface area (Å²) in [5.74, 6) is -2.76. The zero-order valence-electron chi connectivity index (χ0n) is 17.9. The molecule has 0 saturated carbocycles. The molecule has 1 amide bonds. The number of carboxylic acids is 1. The molecule has 1 N–H and O–H groups in total. The van der Waals surface area contributed by atoms with Crippen LogP contribution in [0.5, 0.6) is 0 Å². The molecule has 1 aliphatic rings. The lowest BCUT2D eigenvalue weighted by atomic mass is 10.1. The summed E-state index contributed by atoms with van der Waals surface area (Å²) in [6.07, 6.45) is -1.63. The van der Waals surface area contributed by atoms with Crippen LogP contribution in [0.2, 0.25) is 5.02 Å². The molecule has 2 aromatic heterocycles. The van der Waals surface area contributed by atoms with E-state index in [9.17, 15) is 22.8 Å². The Kier molecular flexibility index (Phi) is 7.45. The van der Waals surface area contributed by atoms with Crippen molar-refractivity contribution >= 4 is 40.6 Å². The third-order valence-electron chi connectivity index (χ3n) is 5.08. The summed E-state index contributed by atoms with van der Waals surface area (Å²) < 4.78 is 33.5. The lowest BCUT2D eigenvalue weighted by molar-refractivity contribution is -0.192. The first-order valence-electron chi connectivity index (χ1n) is 10.1. The van der Waals surface area contributed by atoms with Crippen molar-refractivity contribution in [2.45, 2.75) is 13.1 Å². The third-order valence-corrected chi connectivity index (χ3v) is 5.31. The van der Waals surface area contributed by atoms with Crippen LogP contribution in [0.25, 0.3) is 5.65 Å². The minimum atomic E-state index is -5.08. The number of rotatable bonds is 3. The topological polar surface area (TPSA) is 95.2 Å². The maximum absolute atomic E-state index is 12.8. The monoisotopic (exact) mass is 496 g/mol. The average Bonchev–Trinajstić information content (AvgIpc) is 3.22. The molecule has 1 aromatic carbocycles. The molecule has 1 saturated heterocycles. The molecule has 4 rings (SSSR count). The molecular weight excluding hydrogens is 477 g/mol. The van der Waals surface area contributed by atoms with Crippen molar-refractivity contribution in [1.29, 1.82) is 0 Å². The molecule has 180 valence electrons. The standard InChI is InChI=1S/C20H19ClN4O2.C2HF3O2/c1-14(26)15-2-5-17(6-3-15)23-8-10-24(11-9-23)20(27)18-13-25-12-16(21)4-7-19(25)22-18;3-2(4,5)1(6)7/h2-7,12-13H,8-11H2,1H3;(H,6,7). The molecule has 1 aliphatic heterocycles. The number of carboxylic acid groups (broad SMARTS) is 1. The van der Waals surface area contributed by atoms with Gasteiger partial charge in [0, 0.05) is 49.8 Å². The Hall–Kier alpha value is -3.60. The third kappa shape index (κ3) is 6.04. The summed E-state index contributed by atoms with van der Waals surface area (Å²) in [6, 6.07) is 11.2. The Bertz CT molecular complexity index is 1200. The fourth-order valence-electron chi connectivity index (χ4n) is 3.30. The number of anilines is 1. The Balaban J connectivity index is 0.000000406. The number of hydrogen-bond acceptors (Lipinski definition) is 5. The summed E-state index contributed by atoms with van der Waals surface area (Å²) in [7, 11) is 0. The number of carbonyl (C=O) groups is 3. The Morgan fingerprint density at radius 1 is 0.971 bits per heavy atom. The number of carbonyl (C=O) groups excluding carboxylic acids is 2. The van der Waals surface area contributed by atoms with Crippen molar-refractivity contribution in [3.63, 3.8) is 0 Å². The minimum Gasteiger partial charge on any atom is -0.475 e. The molecule has 0 spiro atoms. The van der Waals surface area contributed by atoms with Gasteiger partial charge in [0.15, 0.2) is 5.78 Å². The van der Waals surface area contributed by atoms with E-state index in [1.54, 1.807) is 35.9 Å². The van der Waals surface area contributed by atoms with Gasteiger partial charge in [0.2, 0.25) is 0 Å². The number of alkyl halides is 3. The second kappa shape index (κ2) is 10.1. The van der Waals surface area contributed by atoms with Crippen LogP contribution in [-0.2, 0) is 4.79 Å². The van der Waals surface area contributed by atoms with Gasteiger partial charge in [-0.3, -0.25) is 9.59 Å². The summed E-state index contributed by atoms with van der Waals surface area (Å²) in [5.41, 5.74) is 2.90. The van der Waals surface area contributed by atoms with Crippen LogP contribution in [-0.4, -0.2) is 69.4 Å². The van der Waals surface area contributed by atoms with Gasteiger partial charge in [0.1, 0.15) is 11.3 Å². The van der Waals surface area contributed by atoms with Gasteiger partial charge in [-0.05, 0) is 43.3 Å². The summed E-state index contributed by atoms with van der Waals surface area (Å²) >= 11 is 5.99. The van der Waals surface area contributed by atoms with Crippen molar-refractivity contribution in [2.24, 2.45) is 0 Å². The fraction of sp³-hybridized carbons (Fsp3) is 0.273. The molecule has 8 nitrogen and oxygen atoms in total. The Morgan fingerprint density at radius 2 is 1.56 bits per heavy atom. The minimum absolute atomic E-state index is 0.0608. The van der Waals surface area contributed by atoms with Gasteiger partial charge in [-0.2, -0.15) is 13.2 Å². The number of benzene rings is 1. The van der Waals surface area contributed by atoms with Crippen molar-refractivity contribution in [2.75, 3.05) is 31.1 Å². The van der Waals surface area contributed by atoms with Gasteiger partial charge in [-0.15, -0.1) is 0 Å². The van der Waals surface area contributed by atoms with Crippen molar-refractivity contribution in [3.05, 3.63) is 65.1 Å². The quantitative estimate of drug-likeness (QED) is 0.554. The first-order chi connectivity index (χ1) is 16.0. The highest BCUT2D eigenvalue weighted by Gasteiger charge is 2.38.